The first kappa shape index (κ1) is 17.2. The molecule has 8 heteroatoms. The van der Waals surface area contributed by atoms with E-state index in [0.717, 1.165) is 5.56 Å². The summed E-state index contributed by atoms with van der Waals surface area (Å²) in [6.07, 6.45) is -1.03. The summed E-state index contributed by atoms with van der Waals surface area (Å²) in [5.41, 5.74) is 2.66. The Kier molecular flexibility index (Phi) is 4.33. The van der Waals surface area contributed by atoms with Gasteiger partial charge in [0, 0.05) is 12.1 Å². The largest absolute Gasteiger partial charge is 0.479 e. The van der Waals surface area contributed by atoms with Gasteiger partial charge in [-0.1, -0.05) is 35.5 Å². The van der Waals surface area contributed by atoms with E-state index < -0.39 is 12.1 Å². The molecule has 1 atom stereocenters. The molecule has 1 fully saturated rings. The first-order valence-electron chi connectivity index (χ1n) is 8.50. The number of aliphatic carboxylic acids is 1. The van der Waals surface area contributed by atoms with Gasteiger partial charge < -0.3 is 19.3 Å². The van der Waals surface area contributed by atoms with Crippen LogP contribution in [0.15, 0.2) is 40.9 Å². The van der Waals surface area contributed by atoms with Crippen LogP contribution in [-0.4, -0.2) is 57.8 Å². The number of morpholine rings is 1. The first-order valence-corrected chi connectivity index (χ1v) is 8.50. The van der Waals surface area contributed by atoms with Crippen LogP contribution in [0.2, 0.25) is 0 Å². The molecule has 4 rings (SSSR count). The maximum absolute atomic E-state index is 13.2. The molecule has 138 valence electrons. The maximum Gasteiger partial charge on any atom is 0.334 e. The van der Waals surface area contributed by atoms with Gasteiger partial charge in [0.1, 0.15) is 0 Å². The van der Waals surface area contributed by atoms with Gasteiger partial charge in [-0.15, -0.1) is 0 Å². The van der Waals surface area contributed by atoms with Crippen LogP contribution in [0.5, 0.6) is 0 Å². The van der Waals surface area contributed by atoms with Crippen LogP contribution < -0.4 is 0 Å². The van der Waals surface area contributed by atoms with Gasteiger partial charge in [0.25, 0.3) is 11.6 Å². The molecule has 1 unspecified atom stereocenters. The molecular weight excluding hydrogens is 350 g/mol. The molecule has 1 aromatic carbocycles. The minimum Gasteiger partial charge on any atom is -0.479 e. The number of amides is 1. The number of ether oxygens (including phenoxy) is 1. The van der Waals surface area contributed by atoms with E-state index in [2.05, 4.69) is 10.1 Å². The molecule has 27 heavy (non-hydrogen) atoms. The highest BCUT2D eigenvalue weighted by molar-refractivity contribution is 6.07. The molecule has 1 N–H and O–H groups in total. The van der Waals surface area contributed by atoms with Crippen LogP contribution in [0, 0.1) is 6.92 Å². The summed E-state index contributed by atoms with van der Waals surface area (Å²) in [4.78, 5) is 30.4. The summed E-state index contributed by atoms with van der Waals surface area (Å²) in [7, 11) is 0. The van der Waals surface area contributed by atoms with Crippen molar-refractivity contribution in [3.63, 3.8) is 0 Å². The van der Waals surface area contributed by atoms with Crippen LogP contribution in [0.3, 0.4) is 0 Å². The predicted molar refractivity (Wildman–Crippen MR) is 95.3 cm³/mol. The van der Waals surface area contributed by atoms with Crippen molar-refractivity contribution in [3.05, 3.63) is 47.7 Å². The molecule has 1 aliphatic heterocycles. The van der Waals surface area contributed by atoms with E-state index >= 15 is 0 Å². The van der Waals surface area contributed by atoms with E-state index in [9.17, 15) is 14.7 Å². The Hall–Kier alpha value is -3.26. The topological polar surface area (TPSA) is 106 Å². The lowest BCUT2D eigenvalue weighted by Gasteiger charge is -2.31. The Labute approximate surface area is 154 Å². The van der Waals surface area contributed by atoms with Gasteiger partial charge in [0.15, 0.2) is 6.10 Å². The fourth-order valence-corrected chi connectivity index (χ4v) is 3.17. The number of benzene rings is 1. The number of aromatic nitrogens is 2. The third-order valence-electron chi connectivity index (χ3n) is 4.55. The molecule has 0 bridgehead atoms. The lowest BCUT2D eigenvalue weighted by atomic mass is 10.0. The SMILES string of the molecule is Cc1noc2nc(-c3ccccc3)cc(C(=O)N3CCOC(C(=O)O)C3)c12. The lowest BCUT2D eigenvalue weighted by molar-refractivity contribution is -0.154. The second-order valence-corrected chi connectivity index (χ2v) is 6.32. The lowest BCUT2D eigenvalue weighted by Crippen LogP contribution is -2.48. The van der Waals surface area contributed by atoms with E-state index in [-0.39, 0.29) is 24.8 Å². The number of hydrogen-bond donors (Lipinski definition) is 1. The molecule has 1 aliphatic rings. The zero-order valence-corrected chi connectivity index (χ0v) is 14.6. The number of nitrogens with zero attached hydrogens (tertiary/aromatic N) is 3. The van der Waals surface area contributed by atoms with Gasteiger partial charge in [-0.05, 0) is 13.0 Å². The molecule has 8 nitrogen and oxygen atoms in total. The Morgan fingerprint density at radius 3 is 2.78 bits per heavy atom. The highest BCUT2D eigenvalue weighted by atomic mass is 16.5. The predicted octanol–water partition coefficient (Wildman–Crippen LogP) is 2.12. The second-order valence-electron chi connectivity index (χ2n) is 6.32. The third-order valence-corrected chi connectivity index (χ3v) is 4.55. The number of carbonyl (C=O) groups excluding carboxylic acids is 1. The van der Waals surface area contributed by atoms with E-state index in [0.29, 0.717) is 28.9 Å². The standard InChI is InChI=1S/C19H17N3O5/c1-11-16-13(18(23)22-7-8-26-15(10-22)19(24)25)9-14(20-17(16)27-21-11)12-5-3-2-4-6-12/h2-6,9,15H,7-8,10H2,1H3,(H,24,25). The molecular formula is C19H17N3O5. The van der Waals surface area contributed by atoms with Crippen LogP contribution in [0.1, 0.15) is 16.1 Å². The number of carbonyl (C=O) groups is 2. The Bertz CT molecular complexity index is 1010. The van der Waals surface area contributed by atoms with Gasteiger partial charge in [0.05, 0.1) is 35.5 Å². The van der Waals surface area contributed by atoms with Crippen LogP contribution in [0.25, 0.3) is 22.4 Å². The van der Waals surface area contributed by atoms with Crippen molar-refractivity contribution in [1.29, 1.82) is 0 Å². The van der Waals surface area contributed by atoms with E-state index in [1.807, 2.05) is 30.3 Å². The Balaban J connectivity index is 1.79. The van der Waals surface area contributed by atoms with E-state index in [1.165, 1.54) is 4.90 Å². The van der Waals surface area contributed by atoms with Crippen molar-refractivity contribution >= 4 is 23.0 Å². The van der Waals surface area contributed by atoms with E-state index in [4.69, 9.17) is 9.26 Å². The molecule has 0 radical (unpaired) electrons. The number of pyridine rings is 1. The van der Waals surface area contributed by atoms with Crippen molar-refractivity contribution in [1.82, 2.24) is 15.0 Å². The molecule has 0 aliphatic carbocycles. The zero-order valence-electron chi connectivity index (χ0n) is 14.6. The van der Waals surface area contributed by atoms with Crippen molar-refractivity contribution in [2.45, 2.75) is 13.0 Å². The number of hydrogen-bond acceptors (Lipinski definition) is 6. The fraction of sp³-hybridized carbons (Fsp3) is 0.263. The molecule has 3 heterocycles. The van der Waals surface area contributed by atoms with Gasteiger partial charge in [-0.3, -0.25) is 4.79 Å². The van der Waals surface area contributed by atoms with Crippen molar-refractivity contribution in [3.8, 4) is 11.3 Å². The average molecular weight is 367 g/mol. The molecule has 3 aromatic rings. The van der Waals surface area contributed by atoms with Gasteiger partial charge in [0.2, 0.25) is 0 Å². The van der Waals surface area contributed by atoms with Gasteiger partial charge in [-0.2, -0.15) is 0 Å². The van der Waals surface area contributed by atoms with E-state index in [1.54, 1.807) is 13.0 Å². The molecule has 0 saturated carbocycles. The minimum atomic E-state index is -1.08. The number of fused-ring (bicyclic) bond motifs is 1. The maximum atomic E-state index is 13.2. The van der Waals surface area contributed by atoms with Crippen LogP contribution in [0.4, 0.5) is 0 Å². The molecule has 1 amide bonds. The molecule has 0 spiro atoms. The number of carboxylic acid groups (broad SMARTS) is 1. The van der Waals surface area contributed by atoms with Gasteiger partial charge in [-0.25, -0.2) is 9.78 Å². The summed E-state index contributed by atoms with van der Waals surface area (Å²) in [6.45, 7) is 2.22. The Morgan fingerprint density at radius 1 is 1.26 bits per heavy atom. The molecule has 2 aromatic heterocycles. The smallest absolute Gasteiger partial charge is 0.334 e. The minimum absolute atomic E-state index is 0.0109. The summed E-state index contributed by atoms with van der Waals surface area (Å²) < 4.78 is 10.5. The van der Waals surface area contributed by atoms with Crippen LogP contribution in [-0.2, 0) is 9.53 Å². The third kappa shape index (κ3) is 3.15. The summed E-state index contributed by atoms with van der Waals surface area (Å²) >= 11 is 0. The number of aryl methyl sites for hydroxylation is 1. The summed E-state index contributed by atoms with van der Waals surface area (Å²) in [5, 5.41) is 13.7. The Morgan fingerprint density at radius 2 is 2.04 bits per heavy atom. The quantitative estimate of drug-likeness (QED) is 0.756. The average Bonchev–Trinajstić information content (AvgIpc) is 3.08. The highest BCUT2D eigenvalue weighted by Gasteiger charge is 2.31. The normalized spacial score (nSPS) is 17.2. The van der Waals surface area contributed by atoms with Crippen LogP contribution >= 0.6 is 0 Å². The summed E-state index contributed by atoms with van der Waals surface area (Å²) in [5.74, 6) is -1.38. The zero-order chi connectivity index (χ0) is 19.0. The fourth-order valence-electron chi connectivity index (χ4n) is 3.17. The highest BCUT2D eigenvalue weighted by Crippen LogP contribution is 2.28. The second kappa shape index (κ2) is 6.81. The monoisotopic (exact) mass is 367 g/mol. The summed E-state index contributed by atoms with van der Waals surface area (Å²) in [6, 6.07) is 11.1. The van der Waals surface area contributed by atoms with Crippen molar-refractivity contribution < 1.29 is 24.0 Å². The van der Waals surface area contributed by atoms with Gasteiger partial charge >= 0.3 is 5.97 Å². The molecule has 1 saturated heterocycles. The van der Waals surface area contributed by atoms with Crippen molar-refractivity contribution in [2.75, 3.05) is 19.7 Å². The van der Waals surface area contributed by atoms with Crippen molar-refractivity contribution in [2.24, 2.45) is 0 Å². The number of rotatable bonds is 3. The number of carboxylic acids is 1. The first-order chi connectivity index (χ1) is 13.0.